The van der Waals surface area contributed by atoms with E-state index in [0.29, 0.717) is 24.3 Å². The molecule has 1 saturated heterocycles. The molecule has 1 aliphatic rings. The maximum absolute atomic E-state index is 13.9. The van der Waals surface area contributed by atoms with Gasteiger partial charge >= 0.3 is 0 Å². The summed E-state index contributed by atoms with van der Waals surface area (Å²) in [4.78, 5) is 19.3. The van der Waals surface area contributed by atoms with Gasteiger partial charge in [-0.05, 0) is 25.1 Å². The van der Waals surface area contributed by atoms with Gasteiger partial charge in [0.2, 0.25) is 0 Å². The third kappa shape index (κ3) is 2.90. The number of amides is 1. The summed E-state index contributed by atoms with van der Waals surface area (Å²) in [5, 5.41) is 0. The Morgan fingerprint density at radius 1 is 1.14 bits per heavy atom. The van der Waals surface area contributed by atoms with E-state index in [1.807, 2.05) is 30.0 Å². The van der Waals surface area contributed by atoms with Crippen molar-refractivity contribution in [3.63, 3.8) is 0 Å². The van der Waals surface area contributed by atoms with Crippen LogP contribution in [0.15, 0.2) is 42.6 Å². The molecule has 5 heteroatoms. The van der Waals surface area contributed by atoms with Crippen molar-refractivity contribution in [2.45, 2.75) is 13.0 Å². The molecule has 2 aromatic rings. The van der Waals surface area contributed by atoms with Gasteiger partial charge in [-0.25, -0.2) is 4.39 Å². The highest BCUT2D eigenvalue weighted by atomic mass is 19.1. The number of aromatic amines is 1. The molecule has 1 N–H and O–H groups in total. The number of piperazine rings is 1. The summed E-state index contributed by atoms with van der Waals surface area (Å²) in [6.07, 6.45) is 1.75. The Labute approximate surface area is 129 Å². The van der Waals surface area contributed by atoms with E-state index in [4.69, 9.17) is 0 Å². The molecule has 1 aromatic heterocycles. The molecule has 0 aliphatic carbocycles. The van der Waals surface area contributed by atoms with Crippen LogP contribution >= 0.6 is 0 Å². The lowest BCUT2D eigenvalue weighted by molar-refractivity contribution is 0.0574. The lowest BCUT2D eigenvalue weighted by Crippen LogP contribution is -2.49. The van der Waals surface area contributed by atoms with Crippen molar-refractivity contribution in [1.82, 2.24) is 14.8 Å². The summed E-state index contributed by atoms with van der Waals surface area (Å²) in [5.41, 5.74) is 1.34. The number of benzene rings is 1. The van der Waals surface area contributed by atoms with E-state index in [1.165, 1.54) is 6.07 Å². The molecule has 4 nitrogen and oxygen atoms in total. The summed E-state index contributed by atoms with van der Waals surface area (Å²) >= 11 is 0. The molecule has 116 valence electrons. The van der Waals surface area contributed by atoms with Crippen LogP contribution in [-0.4, -0.2) is 46.9 Å². The number of hydrogen-bond donors (Lipinski definition) is 1. The standard InChI is InChI=1S/C17H20FN3O/c1-13(14-5-2-3-6-15(14)18)20-9-11-21(12-10-20)17(22)16-7-4-8-19-16/h2-8,13,19H,9-12H2,1H3. The van der Waals surface area contributed by atoms with Crippen LogP contribution in [0.5, 0.6) is 0 Å². The van der Waals surface area contributed by atoms with Crippen molar-refractivity contribution in [2.24, 2.45) is 0 Å². The summed E-state index contributed by atoms with van der Waals surface area (Å²) in [5.74, 6) is -0.136. The number of hydrogen-bond acceptors (Lipinski definition) is 2. The van der Waals surface area contributed by atoms with E-state index < -0.39 is 0 Å². The molecule has 22 heavy (non-hydrogen) atoms. The second-order valence-electron chi connectivity index (χ2n) is 5.61. The summed E-state index contributed by atoms with van der Waals surface area (Å²) in [6.45, 7) is 4.85. The van der Waals surface area contributed by atoms with Crippen LogP contribution in [0.1, 0.15) is 29.0 Å². The van der Waals surface area contributed by atoms with Crippen LogP contribution in [-0.2, 0) is 0 Å². The zero-order chi connectivity index (χ0) is 15.5. The molecule has 1 aliphatic heterocycles. The molecule has 2 heterocycles. The predicted molar refractivity (Wildman–Crippen MR) is 83.1 cm³/mol. The van der Waals surface area contributed by atoms with E-state index in [-0.39, 0.29) is 17.8 Å². The smallest absolute Gasteiger partial charge is 0.270 e. The van der Waals surface area contributed by atoms with Crippen molar-refractivity contribution in [3.8, 4) is 0 Å². The van der Waals surface area contributed by atoms with Crippen molar-refractivity contribution < 1.29 is 9.18 Å². The number of aromatic nitrogens is 1. The van der Waals surface area contributed by atoms with Gasteiger partial charge < -0.3 is 9.88 Å². The maximum Gasteiger partial charge on any atom is 0.270 e. The Morgan fingerprint density at radius 3 is 2.50 bits per heavy atom. The molecule has 1 unspecified atom stereocenters. The van der Waals surface area contributed by atoms with Gasteiger partial charge in [0, 0.05) is 44.0 Å². The highest BCUT2D eigenvalue weighted by Gasteiger charge is 2.26. The van der Waals surface area contributed by atoms with Gasteiger partial charge in [-0.1, -0.05) is 18.2 Å². The molecular weight excluding hydrogens is 281 g/mol. The number of H-pyrrole nitrogens is 1. The van der Waals surface area contributed by atoms with Gasteiger partial charge in [0.25, 0.3) is 5.91 Å². The fourth-order valence-electron chi connectivity index (χ4n) is 2.96. The molecule has 0 spiro atoms. The van der Waals surface area contributed by atoms with Gasteiger partial charge in [0.05, 0.1) is 0 Å². The van der Waals surface area contributed by atoms with E-state index in [2.05, 4.69) is 9.88 Å². The molecule has 3 rings (SSSR count). The van der Waals surface area contributed by atoms with Gasteiger partial charge in [-0.15, -0.1) is 0 Å². The maximum atomic E-state index is 13.9. The normalized spacial score (nSPS) is 17.5. The number of nitrogens with one attached hydrogen (secondary N) is 1. The minimum Gasteiger partial charge on any atom is -0.357 e. The molecule has 1 aromatic carbocycles. The molecular formula is C17H20FN3O. The molecule has 1 amide bonds. The van der Waals surface area contributed by atoms with E-state index >= 15 is 0 Å². The van der Waals surface area contributed by atoms with E-state index in [1.54, 1.807) is 18.3 Å². The SMILES string of the molecule is CC(c1ccccc1F)N1CCN(C(=O)c2ccc[nH]2)CC1. The quantitative estimate of drug-likeness (QED) is 0.946. The highest BCUT2D eigenvalue weighted by molar-refractivity contribution is 5.92. The first kappa shape index (κ1) is 14.8. The monoisotopic (exact) mass is 301 g/mol. The highest BCUT2D eigenvalue weighted by Crippen LogP contribution is 2.24. The first-order valence-corrected chi connectivity index (χ1v) is 7.58. The third-order valence-electron chi connectivity index (χ3n) is 4.33. The lowest BCUT2D eigenvalue weighted by Gasteiger charge is -2.38. The van der Waals surface area contributed by atoms with Gasteiger partial charge in [-0.2, -0.15) is 0 Å². The van der Waals surface area contributed by atoms with Gasteiger partial charge in [0.15, 0.2) is 0 Å². The Balaban J connectivity index is 1.62. The van der Waals surface area contributed by atoms with Crippen LogP contribution in [0, 0.1) is 5.82 Å². The van der Waals surface area contributed by atoms with Crippen molar-refractivity contribution in [3.05, 3.63) is 59.7 Å². The second-order valence-corrected chi connectivity index (χ2v) is 5.61. The zero-order valence-electron chi connectivity index (χ0n) is 12.6. The first-order valence-electron chi connectivity index (χ1n) is 7.58. The van der Waals surface area contributed by atoms with Crippen LogP contribution in [0.25, 0.3) is 0 Å². The average Bonchev–Trinajstić information content (AvgIpc) is 3.09. The first-order chi connectivity index (χ1) is 10.7. The van der Waals surface area contributed by atoms with Gasteiger partial charge in [0.1, 0.15) is 11.5 Å². The minimum absolute atomic E-state index is 0.0175. The van der Waals surface area contributed by atoms with Crippen molar-refractivity contribution in [1.29, 1.82) is 0 Å². The molecule has 1 atom stereocenters. The van der Waals surface area contributed by atoms with Crippen LogP contribution in [0.4, 0.5) is 4.39 Å². The van der Waals surface area contributed by atoms with Crippen molar-refractivity contribution in [2.75, 3.05) is 26.2 Å². The Morgan fingerprint density at radius 2 is 1.86 bits per heavy atom. The number of carbonyl (C=O) groups is 1. The van der Waals surface area contributed by atoms with E-state index in [9.17, 15) is 9.18 Å². The fraction of sp³-hybridized carbons (Fsp3) is 0.353. The average molecular weight is 301 g/mol. The Kier molecular flexibility index (Phi) is 4.24. The Bertz CT molecular complexity index is 633. The molecule has 0 saturated carbocycles. The molecule has 1 fully saturated rings. The van der Waals surface area contributed by atoms with E-state index in [0.717, 1.165) is 13.1 Å². The summed E-state index contributed by atoms with van der Waals surface area (Å²) < 4.78 is 13.9. The van der Waals surface area contributed by atoms with Gasteiger partial charge in [-0.3, -0.25) is 9.69 Å². The summed E-state index contributed by atoms with van der Waals surface area (Å²) in [7, 11) is 0. The van der Waals surface area contributed by atoms with Crippen LogP contribution < -0.4 is 0 Å². The third-order valence-corrected chi connectivity index (χ3v) is 4.33. The topological polar surface area (TPSA) is 39.3 Å². The second kappa shape index (κ2) is 6.32. The fourth-order valence-corrected chi connectivity index (χ4v) is 2.96. The molecule has 0 radical (unpaired) electrons. The summed E-state index contributed by atoms with van der Waals surface area (Å²) in [6, 6.07) is 10.5. The zero-order valence-corrected chi connectivity index (χ0v) is 12.6. The number of nitrogens with zero attached hydrogens (tertiary/aromatic N) is 2. The minimum atomic E-state index is -0.167. The molecule has 0 bridgehead atoms. The predicted octanol–water partition coefficient (Wildman–Crippen LogP) is 2.67. The van der Waals surface area contributed by atoms with Crippen LogP contribution in [0.2, 0.25) is 0 Å². The lowest BCUT2D eigenvalue weighted by atomic mass is 10.1. The van der Waals surface area contributed by atoms with Crippen LogP contribution in [0.3, 0.4) is 0 Å². The number of rotatable bonds is 3. The number of carbonyl (C=O) groups excluding carboxylic acids is 1. The van der Waals surface area contributed by atoms with Crippen molar-refractivity contribution >= 4 is 5.91 Å². The largest absolute Gasteiger partial charge is 0.357 e. The Hall–Kier alpha value is -2.14. The number of halogens is 1.